The summed E-state index contributed by atoms with van der Waals surface area (Å²) in [5.41, 5.74) is 1.95. The highest BCUT2D eigenvalue weighted by Crippen LogP contribution is 2.13. The van der Waals surface area contributed by atoms with Gasteiger partial charge in [0, 0.05) is 18.3 Å². The molecule has 0 aromatic heterocycles. The van der Waals surface area contributed by atoms with Gasteiger partial charge in [0.05, 0.1) is 11.6 Å². The van der Waals surface area contributed by atoms with Crippen LogP contribution < -0.4 is 5.32 Å². The van der Waals surface area contributed by atoms with Crippen LogP contribution in [0.3, 0.4) is 0 Å². The van der Waals surface area contributed by atoms with E-state index in [1.807, 2.05) is 36.0 Å². The third kappa shape index (κ3) is 5.25. The van der Waals surface area contributed by atoms with Crippen molar-refractivity contribution in [2.45, 2.75) is 32.1 Å². The highest BCUT2D eigenvalue weighted by molar-refractivity contribution is 7.99. The largest absolute Gasteiger partial charge is 0.309 e. The fraction of sp³-hybridized carbons (Fsp3) is 0.500. The maximum Gasteiger partial charge on any atom is 0.0991 e. The molecule has 0 aliphatic heterocycles. The molecule has 1 aromatic rings. The maximum absolute atomic E-state index is 8.72. The number of hydrogen-bond donors (Lipinski definition) is 1. The van der Waals surface area contributed by atoms with Crippen molar-refractivity contribution in [2.75, 3.05) is 12.3 Å². The van der Waals surface area contributed by atoms with E-state index >= 15 is 0 Å². The summed E-state index contributed by atoms with van der Waals surface area (Å²) in [6.45, 7) is 7.61. The molecule has 1 atom stereocenters. The number of hydrogen-bond acceptors (Lipinski definition) is 3. The third-order valence-corrected chi connectivity index (χ3v) is 3.65. The Kier molecular flexibility index (Phi) is 6.10. The average molecular weight is 248 g/mol. The van der Waals surface area contributed by atoms with Gasteiger partial charge in [0.2, 0.25) is 0 Å². The van der Waals surface area contributed by atoms with Crippen LogP contribution >= 0.6 is 11.8 Å². The van der Waals surface area contributed by atoms with Crippen molar-refractivity contribution in [1.82, 2.24) is 5.32 Å². The summed E-state index contributed by atoms with van der Waals surface area (Å²) in [5, 5.41) is 12.9. The highest BCUT2D eigenvalue weighted by Gasteiger charge is 2.04. The quantitative estimate of drug-likeness (QED) is 0.784. The molecule has 1 aromatic carbocycles. The van der Waals surface area contributed by atoms with Crippen molar-refractivity contribution in [2.24, 2.45) is 0 Å². The number of nitriles is 1. The van der Waals surface area contributed by atoms with Gasteiger partial charge >= 0.3 is 0 Å². The lowest BCUT2D eigenvalue weighted by Gasteiger charge is -2.14. The molecule has 0 saturated carbocycles. The first-order valence-electron chi connectivity index (χ1n) is 5.98. The fourth-order valence-corrected chi connectivity index (χ4v) is 2.24. The van der Waals surface area contributed by atoms with E-state index in [1.54, 1.807) is 0 Å². The van der Waals surface area contributed by atoms with Crippen LogP contribution in [0.4, 0.5) is 0 Å². The SMILES string of the molecule is CC(C)SCCNC(C)c1ccc(C#N)cc1. The Balaban J connectivity index is 2.36. The Morgan fingerprint density at radius 3 is 2.41 bits per heavy atom. The second-order valence-electron chi connectivity index (χ2n) is 4.33. The molecule has 17 heavy (non-hydrogen) atoms. The minimum atomic E-state index is 0.343. The van der Waals surface area contributed by atoms with Gasteiger partial charge in [0.15, 0.2) is 0 Å². The zero-order valence-corrected chi connectivity index (χ0v) is 11.6. The van der Waals surface area contributed by atoms with Gasteiger partial charge in [-0.15, -0.1) is 0 Å². The summed E-state index contributed by atoms with van der Waals surface area (Å²) in [6.07, 6.45) is 0. The monoisotopic (exact) mass is 248 g/mol. The molecular formula is C14H20N2S. The van der Waals surface area contributed by atoms with E-state index in [0.29, 0.717) is 11.3 Å². The molecule has 0 amide bonds. The normalized spacial score (nSPS) is 12.4. The van der Waals surface area contributed by atoms with Gasteiger partial charge in [0.1, 0.15) is 0 Å². The van der Waals surface area contributed by atoms with Crippen molar-refractivity contribution in [3.05, 3.63) is 35.4 Å². The third-order valence-electron chi connectivity index (χ3n) is 2.54. The Hall–Kier alpha value is -0.980. The molecule has 0 saturated heterocycles. The molecule has 0 fully saturated rings. The summed E-state index contributed by atoms with van der Waals surface area (Å²) in [6, 6.07) is 10.3. The molecule has 0 heterocycles. The lowest BCUT2D eigenvalue weighted by atomic mass is 10.1. The van der Waals surface area contributed by atoms with Gasteiger partial charge in [-0.1, -0.05) is 26.0 Å². The lowest BCUT2D eigenvalue weighted by molar-refractivity contribution is 0.601. The van der Waals surface area contributed by atoms with Gasteiger partial charge in [-0.25, -0.2) is 0 Å². The molecule has 1 unspecified atom stereocenters. The maximum atomic E-state index is 8.72. The predicted molar refractivity (Wildman–Crippen MR) is 75.2 cm³/mol. The lowest BCUT2D eigenvalue weighted by Crippen LogP contribution is -2.21. The van der Waals surface area contributed by atoms with Gasteiger partial charge in [-0.2, -0.15) is 17.0 Å². The summed E-state index contributed by atoms with van der Waals surface area (Å²) < 4.78 is 0. The van der Waals surface area contributed by atoms with Crippen LogP contribution in [-0.4, -0.2) is 17.5 Å². The predicted octanol–water partition coefficient (Wildman–Crippen LogP) is 3.35. The van der Waals surface area contributed by atoms with E-state index in [1.165, 1.54) is 5.56 Å². The van der Waals surface area contributed by atoms with Crippen molar-refractivity contribution < 1.29 is 0 Å². The van der Waals surface area contributed by atoms with E-state index in [0.717, 1.165) is 17.9 Å². The molecule has 0 spiro atoms. The van der Waals surface area contributed by atoms with Crippen LogP contribution in [0.5, 0.6) is 0 Å². The Bertz CT molecular complexity index is 365. The van der Waals surface area contributed by atoms with Crippen LogP contribution in [-0.2, 0) is 0 Å². The molecule has 1 N–H and O–H groups in total. The second kappa shape index (κ2) is 7.37. The summed E-state index contributed by atoms with van der Waals surface area (Å²) in [7, 11) is 0. The highest BCUT2D eigenvalue weighted by atomic mass is 32.2. The van der Waals surface area contributed by atoms with Gasteiger partial charge < -0.3 is 5.32 Å². The smallest absolute Gasteiger partial charge is 0.0991 e. The minimum absolute atomic E-state index is 0.343. The minimum Gasteiger partial charge on any atom is -0.309 e. The molecule has 0 bridgehead atoms. The molecular weight excluding hydrogens is 228 g/mol. The van der Waals surface area contributed by atoms with Crippen LogP contribution in [0.25, 0.3) is 0 Å². The average Bonchev–Trinajstić information content (AvgIpc) is 2.34. The molecule has 92 valence electrons. The van der Waals surface area contributed by atoms with Gasteiger partial charge in [-0.3, -0.25) is 0 Å². The van der Waals surface area contributed by atoms with E-state index in [2.05, 4.69) is 32.2 Å². The number of rotatable bonds is 6. The fourth-order valence-electron chi connectivity index (χ4n) is 1.53. The van der Waals surface area contributed by atoms with Crippen molar-refractivity contribution in [3.8, 4) is 6.07 Å². The first-order chi connectivity index (χ1) is 8.13. The standard InChI is InChI=1S/C14H20N2S/c1-11(2)17-9-8-16-12(3)14-6-4-13(10-15)5-7-14/h4-7,11-12,16H,8-9H2,1-3H3. The number of nitrogens with one attached hydrogen (secondary N) is 1. The first-order valence-corrected chi connectivity index (χ1v) is 7.03. The summed E-state index contributed by atoms with van der Waals surface area (Å²) in [4.78, 5) is 0. The first kappa shape index (κ1) is 14.1. The Morgan fingerprint density at radius 1 is 1.24 bits per heavy atom. The van der Waals surface area contributed by atoms with E-state index < -0.39 is 0 Å². The van der Waals surface area contributed by atoms with Gasteiger partial charge in [0.25, 0.3) is 0 Å². The summed E-state index contributed by atoms with van der Waals surface area (Å²) in [5.74, 6) is 1.14. The Labute approximate surface area is 108 Å². The van der Waals surface area contributed by atoms with E-state index in [4.69, 9.17) is 5.26 Å². The molecule has 0 radical (unpaired) electrons. The number of benzene rings is 1. The number of thioether (sulfide) groups is 1. The molecule has 0 aliphatic rings. The van der Waals surface area contributed by atoms with Crippen molar-refractivity contribution in [3.63, 3.8) is 0 Å². The molecule has 2 nitrogen and oxygen atoms in total. The number of nitrogens with zero attached hydrogens (tertiary/aromatic N) is 1. The van der Waals surface area contributed by atoms with E-state index in [-0.39, 0.29) is 0 Å². The van der Waals surface area contributed by atoms with Crippen LogP contribution in [0.2, 0.25) is 0 Å². The zero-order valence-electron chi connectivity index (χ0n) is 10.7. The van der Waals surface area contributed by atoms with Crippen LogP contribution in [0.15, 0.2) is 24.3 Å². The molecule has 0 aliphatic carbocycles. The second-order valence-corrected chi connectivity index (χ2v) is 6.01. The molecule has 3 heteroatoms. The topological polar surface area (TPSA) is 35.8 Å². The Morgan fingerprint density at radius 2 is 1.88 bits per heavy atom. The van der Waals surface area contributed by atoms with Crippen molar-refractivity contribution in [1.29, 1.82) is 5.26 Å². The van der Waals surface area contributed by atoms with Crippen molar-refractivity contribution >= 4 is 11.8 Å². The summed E-state index contributed by atoms with van der Waals surface area (Å²) >= 11 is 1.97. The van der Waals surface area contributed by atoms with Crippen LogP contribution in [0.1, 0.15) is 37.9 Å². The van der Waals surface area contributed by atoms with Crippen LogP contribution in [0, 0.1) is 11.3 Å². The molecule has 1 rings (SSSR count). The van der Waals surface area contributed by atoms with Gasteiger partial charge in [-0.05, 0) is 29.9 Å². The van der Waals surface area contributed by atoms with E-state index in [9.17, 15) is 0 Å². The zero-order chi connectivity index (χ0) is 12.7.